The molecule has 1 aliphatic heterocycles. The van der Waals surface area contributed by atoms with Crippen molar-refractivity contribution in [3.63, 3.8) is 0 Å². The van der Waals surface area contributed by atoms with Gasteiger partial charge < -0.3 is 10.4 Å². The molecule has 2 rings (SSSR count). The minimum Gasteiger partial charge on any atom is -0.478 e. The van der Waals surface area contributed by atoms with Crippen LogP contribution in [0.2, 0.25) is 0 Å². The second-order valence-electron chi connectivity index (χ2n) is 5.45. The van der Waals surface area contributed by atoms with E-state index in [4.69, 9.17) is 11.5 Å². The van der Waals surface area contributed by atoms with Crippen LogP contribution in [0.15, 0.2) is 34.5 Å². The topological polar surface area (TPSA) is 91.1 Å². The Morgan fingerprint density at radius 3 is 2.65 bits per heavy atom. The molecular weight excluding hydrogens is 294 g/mol. The number of amides is 1. The quantitative estimate of drug-likeness (QED) is 0.686. The van der Waals surface area contributed by atoms with E-state index in [9.17, 15) is 9.59 Å². The number of carbonyl (C=O) groups excluding carboxylic acids is 1. The Balaban J connectivity index is 1.72. The first-order valence-corrected chi connectivity index (χ1v) is 7.52. The second-order valence-corrected chi connectivity index (χ2v) is 5.45. The van der Waals surface area contributed by atoms with Gasteiger partial charge in [-0.1, -0.05) is 18.2 Å². The van der Waals surface area contributed by atoms with Crippen molar-refractivity contribution in [2.75, 3.05) is 6.54 Å². The lowest BCUT2D eigenvalue weighted by Crippen LogP contribution is -2.27. The van der Waals surface area contributed by atoms with Gasteiger partial charge in [-0.3, -0.25) is 4.79 Å². The van der Waals surface area contributed by atoms with Gasteiger partial charge in [0.05, 0.1) is 5.56 Å². The molecule has 0 saturated carbocycles. The van der Waals surface area contributed by atoms with E-state index < -0.39 is 11.6 Å². The summed E-state index contributed by atoms with van der Waals surface area (Å²) in [5.74, 6) is 1.50. The molecule has 1 amide bonds. The molecule has 1 aromatic rings. The molecule has 6 nitrogen and oxygen atoms in total. The molecule has 0 unspecified atom stereocenters. The third kappa shape index (κ3) is 4.92. The fourth-order valence-electron chi connectivity index (χ4n) is 2.35. The van der Waals surface area contributed by atoms with E-state index in [0.29, 0.717) is 44.2 Å². The van der Waals surface area contributed by atoms with Crippen LogP contribution in [0.5, 0.6) is 0 Å². The molecule has 0 spiro atoms. The van der Waals surface area contributed by atoms with Gasteiger partial charge in [0, 0.05) is 32.2 Å². The van der Waals surface area contributed by atoms with Crippen molar-refractivity contribution in [2.45, 2.75) is 37.8 Å². The summed E-state index contributed by atoms with van der Waals surface area (Å²) in [6.07, 6.45) is 7.87. The zero-order valence-electron chi connectivity index (χ0n) is 12.8. The molecule has 0 radical (unpaired) electrons. The number of carboxylic acids is 1. The maximum Gasteiger partial charge on any atom is 0.335 e. The molecule has 6 heteroatoms. The average molecular weight is 313 g/mol. The van der Waals surface area contributed by atoms with Crippen molar-refractivity contribution in [2.24, 2.45) is 10.2 Å². The zero-order valence-corrected chi connectivity index (χ0v) is 12.8. The molecule has 1 aliphatic rings. The van der Waals surface area contributed by atoms with Crippen LogP contribution in [-0.2, 0) is 11.2 Å². The van der Waals surface area contributed by atoms with Crippen LogP contribution >= 0.6 is 0 Å². The number of nitrogens with one attached hydrogen (secondary N) is 1. The van der Waals surface area contributed by atoms with E-state index >= 15 is 0 Å². The van der Waals surface area contributed by atoms with Gasteiger partial charge in [-0.25, -0.2) is 4.79 Å². The molecule has 0 saturated heterocycles. The average Bonchev–Trinajstić information content (AvgIpc) is 3.32. The van der Waals surface area contributed by atoms with Crippen molar-refractivity contribution >= 4 is 11.9 Å². The zero-order chi connectivity index (χ0) is 16.7. The molecule has 0 aliphatic carbocycles. The minimum atomic E-state index is -0.959. The first-order valence-electron chi connectivity index (χ1n) is 7.52. The predicted molar refractivity (Wildman–Crippen MR) is 85.0 cm³/mol. The maximum atomic E-state index is 11.8. The highest BCUT2D eigenvalue weighted by Crippen LogP contribution is 2.37. The van der Waals surface area contributed by atoms with Gasteiger partial charge in [-0.15, -0.1) is 12.3 Å². The first-order chi connectivity index (χ1) is 11.1. The van der Waals surface area contributed by atoms with E-state index in [1.54, 1.807) is 24.3 Å². The summed E-state index contributed by atoms with van der Waals surface area (Å²) in [5.41, 5.74) is 0.531. The van der Waals surface area contributed by atoms with Crippen LogP contribution in [0.25, 0.3) is 0 Å². The fourth-order valence-corrected chi connectivity index (χ4v) is 2.35. The lowest BCUT2D eigenvalue weighted by atomic mass is 10.0. The third-order valence-electron chi connectivity index (χ3n) is 3.77. The Kier molecular flexibility index (Phi) is 5.47. The molecule has 120 valence electrons. The van der Waals surface area contributed by atoms with Crippen LogP contribution in [0, 0.1) is 12.3 Å². The number of carboxylic acid groups (broad SMARTS) is 1. The Hall–Kier alpha value is -2.68. The maximum absolute atomic E-state index is 11.8. The Morgan fingerprint density at radius 2 is 2.00 bits per heavy atom. The van der Waals surface area contributed by atoms with Crippen molar-refractivity contribution in [3.8, 4) is 12.3 Å². The van der Waals surface area contributed by atoms with E-state index in [1.807, 2.05) is 0 Å². The van der Waals surface area contributed by atoms with Crippen LogP contribution in [0.3, 0.4) is 0 Å². The summed E-state index contributed by atoms with van der Waals surface area (Å²) in [6, 6.07) is 6.79. The molecule has 2 N–H and O–H groups in total. The van der Waals surface area contributed by atoms with Gasteiger partial charge in [0.1, 0.15) is 0 Å². The molecule has 0 bridgehead atoms. The SMILES string of the molecule is C#CCCC1(CCC(=O)NCCc2ccccc2C(=O)O)N=N1. The number of hydrogen-bond acceptors (Lipinski definition) is 4. The number of hydrogen-bond donors (Lipinski definition) is 2. The van der Waals surface area contributed by atoms with E-state index in [1.165, 1.54) is 0 Å². The van der Waals surface area contributed by atoms with Gasteiger partial charge in [0.2, 0.25) is 5.91 Å². The molecule has 1 aromatic carbocycles. The van der Waals surface area contributed by atoms with Gasteiger partial charge >= 0.3 is 5.97 Å². The van der Waals surface area contributed by atoms with Crippen molar-refractivity contribution in [1.82, 2.24) is 5.32 Å². The van der Waals surface area contributed by atoms with Crippen molar-refractivity contribution < 1.29 is 14.7 Å². The van der Waals surface area contributed by atoms with E-state index in [0.717, 1.165) is 0 Å². The van der Waals surface area contributed by atoms with Crippen LogP contribution in [0.4, 0.5) is 0 Å². The smallest absolute Gasteiger partial charge is 0.335 e. The lowest BCUT2D eigenvalue weighted by Gasteiger charge is -2.10. The summed E-state index contributed by atoms with van der Waals surface area (Å²) >= 11 is 0. The molecule has 1 heterocycles. The number of terminal acetylenes is 1. The number of aromatic carboxylic acids is 1. The number of carbonyl (C=O) groups is 2. The molecule has 0 atom stereocenters. The second kappa shape index (κ2) is 7.54. The van der Waals surface area contributed by atoms with Gasteiger partial charge in [0.25, 0.3) is 0 Å². The highest BCUT2D eigenvalue weighted by atomic mass is 16.4. The standard InChI is InChI=1S/C17H19N3O3/c1-2-3-10-17(19-20-17)11-8-15(21)18-12-9-13-6-4-5-7-14(13)16(22)23/h1,4-7H,3,8-12H2,(H,18,21)(H,22,23). The minimum absolute atomic E-state index is 0.0878. The normalized spacial score (nSPS) is 14.0. The van der Waals surface area contributed by atoms with E-state index in [2.05, 4.69) is 21.5 Å². The van der Waals surface area contributed by atoms with Crippen LogP contribution in [-0.4, -0.2) is 29.2 Å². The van der Waals surface area contributed by atoms with Gasteiger partial charge in [0.15, 0.2) is 5.66 Å². The Labute approximate surface area is 135 Å². The summed E-state index contributed by atoms with van der Waals surface area (Å²) < 4.78 is 0. The summed E-state index contributed by atoms with van der Waals surface area (Å²) in [6.45, 7) is 0.398. The lowest BCUT2D eigenvalue weighted by molar-refractivity contribution is -0.121. The predicted octanol–water partition coefficient (Wildman–Crippen LogP) is 2.40. The third-order valence-corrected chi connectivity index (χ3v) is 3.77. The number of nitrogens with zero attached hydrogens (tertiary/aromatic N) is 2. The first kappa shape index (κ1) is 16.7. The molecule has 0 fully saturated rings. The number of benzene rings is 1. The van der Waals surface area contributed by atoms with Gasteiger partial charge in [-0.2, -0.15) is 10.2 Å². The van der Waals surface area contributed by atoms with Crippen molar-refractivity contribution in [3.05, 3.63) is 35.4 Å². The molecule has 0 aromatic heterocycles. The van der Waals surface area contributed by atoms with Crippen LogP contribution < -0.4 is 5.32 Å². The summed E-state index contributed by atoms with van der Waals surface area (Å²) in [5, 5.41) is 19.9. The largest absolute Gasteiger partial charge is 0.478 e. The van der Waals surface area contributed by atoms with Crippen molar-refractivity contribution in [1.29, 1.82) is 0 Å². The molecule has 23 heavy (non-hydrogen) atoms. The van der Waals surface area contributed by atoms with Gasteiger partial charge in [-0.05, 0) is 18.1 Å². The van der Waals surface area contributed by atoms with Crippen LogP contribution in [0.1, 0.15) is 41.6 Å². The molecular formula is C17H19N3O3. The summed E-state index contributed by atoms with van der Waals surface area (Å²) in [4.78, 5) is 23.0. The Bertz CT molecular complexity index is 655. The highest BCUT2D eigenvalue weighted by Gasteiger charge is 2.39. The monoisotopic (exact) mass is 313 g/mol. The Morgan fingerprint density at radius 1 is 1.26 bits per heavy atom. The fraction of sp³-hybridized carbons (Fsp3) is 0.412. The summed E-state index contributed by atoms with van der Waals surface area (Å²) in [7, 11) is 0. The van der Waals surface area contributed by atoms with E-state index in [-0.39, 0.29) is 11.5 Å². The number of rotatable bonds is 9. The highest BCUT2D eigenvalue weighted by molar-refractivity contribution is 5.89.